The average molecular weight is 493 g/mol. The fourth-order valence-corrected chi connectivity index (χ4v) is 5.93. The highest BCUT2D eigenvalue weighted by molar-refractivity contribution is 7.88. The van der Waals surface area contributed by atoms with Gasteiger partial charge < -0.3 is 10.1 Å². The van der Waals surface area contributed by atoms with Crippen LogP contribution in [-0.4, -0.2) is 61.6 Å². The molecule has 1 atom stereocenters. The molecular formula is C27H32N4O3S. The van der Waals surface area contributed by atoms with E-state index in [0.717, 1.165) is 33.6 Å². The molecule has 1 aliphatic heterocycles. The summed E-state index contributed by atoms with van der Waals surface area (Å²) in [6, 6.07) is 20.9. The maximum absolute atomic E-state index is 11.9. The second-order valence-electron chi connectivity index (χ2n) is 9.10. The molecule has 0 radical (unpaired) electrons. The Labute approximate surface area is 207 Å². The highest BCUT2D eigenvalue weighted by Gasteiger charge is 2.37. The average Bonchev–Trinajstić information content (AvgIpc) is 2.85. The zero-order valence-corrected chi connectivity index (χ0v) is 21.2. The highest BCUT2D eigenvalue weighted by atomic mass is 32.2. The predicted molar refractivity (Wildman–Crippen MR) is 140 cm³/mol. The van der Waals surface area contributed by atoms with Crippen molar-refractivity contribution < 1.29 is 13.6 Å². The Morgan fingerprint density at radius 1 is 1.00 bits per heavy atom. The van der Waals surface area contributed by atoms with Gasteiger partial charge in [0.15, 0.2) is 0 Å². The SMILES string of the molecule is Cc1cc([C@@](C/C=N/O)(c2ccc(N3CCN(S(C)(=O)=O)CC3)cc2)c2ccccc2C)ccn1. The zero-order valence-electron chi connectivity index (χ0n) is 20.4. The normalized spacial score (nSPS) is 16.9. The summed E-state index contributed by atoms with van der Waals surface area (Å²) in [5.41, 5.74) is 5.85. The Morgan fingerprint density at radius 2 is 1.69 bits per heavy atom. The summed E-state index contributed by atoms with van der Waals surface area (Å²) in [5, 5.41) is 12.8. The Bertz CT molecular complexity index is 1300. The van der Waals surface area contributed by atoms with Gasteiger partial charge in [-0.1, -0.05) is 36.4 Å². The zero-order chi connectivity index (χ0) is 25.1. The topological polar surface area (TPSA) is 86.1 Å². The first kappa shape index (κ1) is 24.9. The number of oxime groups is 1. The number of hydrogen-bond donors (Lipinski definition) is 1. The Kier molecular flexibility index (Phi) is 7.23. The van der Waals surface area contributed by atoms with Gasteiger partial charge in [-0.25, -0.2) is 8.42 Å². The molecule has 0 saturated carbocycles. The Hall–Kier alpha value is -3.23. The number of benzene rings is 2. The first-order valence-corrected chi connectivity index (χ1v) is 13.6. The summed E-state index contributed by atoms with van der Waals surface area (Å²) in [6.45, 7) is 6.34. The van der Waals surface area contributed by atoms with Gasteiger partial charge in [-0.15, -0.1) is 5.16 Å². The molecule has 0 unspecified atom stereocenters. The molecule has 1 N–H and O–H groups in total. The molecule has 0 aliphatic carbocycles. The highest BCUT2D eigenvalue weighted by Crippen LogP contribution is 2.43. The monoisotopic (exact) mass is 492 g/mol. The van der Waals surface area contributed by atoms with Gasteiger partial charge in [0, 0.05) is 56.4 Å². The van der Waals surface area contributed by atoms with E-state index < -0.39 is 15.4 Å². The van der Waals surface area contributed by atoms with Crippen molar-refractivity contribution in [1.29, 1.82) is 0 Å². The van der Waals surface area contributed by atoms with Crippen LogP contribution in [0.4, 0.5) is 5.69 Å². The fraction of sp³-hybridized carbons (Fsp3) is 0.333. The van der Waals surface area contributed by atoms with E-state index >= 15 is 0 Å². The Balaban J connectivity index is 1.78. The minimum Gasteiger partial charge on any atom is -0.411 e. The van der Waals surface area contributed by atoms with Gasteiger partial charge in [0.1, 0.15) is 0 Å². The van der Waals surface area contributed by atoms with E-state index in [1.54, 1.807) is 6.21 Å². The van der Waals surface area contributed by atoms with Crippen molar-refractivity contribution >= 4 is 21.9 Å². The van der Waals surface area contributed by atoms with Gasteiger partial charge in [-0.3, -0.25) is 4.98 Å². The summed E-state index contributed by atoms with van der Waals surface area (Å²) >= 11 is 0. The van der Waals surface area contributed by atoms with Crippen molar-refractivity contribution in [2.45, 2.75) is 25.7 Å². The summed E-state index contributed by atoms with van der Waals surface area (Å²) in [4.78, 5) is 6.62. The number of piperazine rings is 1. The van der Waals surface area contributed by atoms with Crippen LogP contribution in [0.3, 0.4) is 0 Å². The summed E-state index contributed by atoms with van der Waals surface area (Å²) in [6.07, 6.45) is 5.12. The summed E-state index contributed by atoms with van der Waals surface area (Å²) in [5.74, 6) is 0. The smallest absolute Gasteiger partial charge is 0.211 e. The lowest BCUT2D eigenvalue weighted by molar-refractivity contribution is 0.319. The molecule has 35 heavy (non-hydrogen) atoms. The minimum absolute atomic E-state index is 0.476. The third-order valence-electron chi connectivity index (χ3n) is 6.91. The van der Waals surface area contributed by atoms with Crippen molar-refractivity contribution in [1.82, 2.24) is 9.29 Å². The van der Waals surface area contributed by atoms with Crippen molar-refractivity contribution in [2.24, 2.45) is 5.16 Å². The quantitative estimate of drug-likeness (QED) is 0.306. The molecule has 0 spiro atoms. The van der Waals surface area contributed by atoms with E-state index in [0.29, 0.717) is 32.6 Å². The molecule has 184 valence electrons. The molecule has 7 nitrogen and oxygen atoms in total. The van der Waals surface area contributed by atoms with Crippen molar-refractivity contribution in [3.05, 3.63) is 94.8 Å². The van der Waals surface area contributed by atoms with Crippen LogP contribution in [0.5, 0.6) is 0 Å². The van der Waals surface area contributed by atoms with Gasteiger partial charge in [0.25, 0.3) is 0 Å². The standard InChI is InChI=1S/C27H32N4O3S/c1-21-6-4-5-7-26(21)27(13-15-29-32,24-12-14-28-22(2)20-24)23-8-10-25(11-9-23)30-16-18-31(19-17-30)35(3,33)34/h4-12,14-15,20,32H,13,16-19H2,1-3H3/b29-15+/t27-/m1/s1. The molecular weight excluding hydrogens is 460 g/mol. The number of anilines is 1. The lowest BCUT2D eigenvalue weighted by atomic mass is 9.66. The number of pyridine rings is 1. The van der Waals surface area contributed by atoms with Crippen molar-refractivity contribution in [2.75, 3.05) is 37.3 Å². The summed E-state index contributed by atoms with van der Waals surface area (Å²) < 4.78 is 25.3. The number of aromatic nitrogens is 1. The van der Waals surface area contributed by atoms with Crippen LogP contribution in [0, 0.1) is 13.8 Å². The van der Waals surface area contributed by atoms with E-state index in [4.69, 9.17) is 0 Å². The fourth-order valence-electron chi connectivity index (χ4n) is 5.10. The van der Waals surface area contributed by atoms with E-state index in [1.165, 1.54) is 10.6 Å². The molecule has 1 fully saturated rings. The first-order chi connectivity index (χ1) is 16.8. The maximum atomic E-state index is 11.9. The number of hydrogen-bond acceptors (Lipinski definition) is 6. The van der Waals surface area contributed by atoms with Crippen LogP contribution in [0.25, 0.3) is 0 Å². The first-order valence-electron chi connectivity index (χ1n) is 11.7. The second-order valence-corrected chi connectivity index (χ2v) is 11.1. The lowest BCUT2D eigenvalue weighted by Crippen LogP contribution is -2.48. The molecule has 1 aliphatic rings. The van der Waals surface area contributed by atoms with Gasteiger partial charge in [-0.05, 0) is 60.4 Å². The van der Waals surface area contributed by atoms with Crippen LogP contribution >= 0.6 is 0 Å². The molecule has 1 aromatic heterocycles. The number of rotatable bonds is 7. The van der Waals surface area contributed by atoms with Gasteiger partial charge in [0.05, 0.1) is 11.7 Å². The molecule has 2 heterocycles. The van der Waals surface area contributed by atoms with Crippen molar-refractivity contribution in [3.8, 4) is 0 Å². The molecule has 2 aromatic carbocycles. The van der Waals surface area contributed by atoms with Gasteiger partial charge in [0.2, 0.25) is 10.0 Å². The van der Waals surface area contributed by atoms with Crippen LogP contribution < -0.4 is 4.90 Å². The Morgan fingerprint density at radius 3 is 2.29 bits per heavy atom. The molecule has 4 rings (SSSR count). The summed E-state index contributed by atoms with van der Waals surface area (Å²) in [7, 11) is -3.17. The number of sulfonamides is 1. The molecule has 0 amide bonds. The number of nitrogens with zero attached hydrogens (tertiary/aromatic N) is 4. The maximum Gasteiger partial charge on any atom is 0.211 e. The van der Waals surface area contributed by atoms with E-state index in [1.807, 2.05) is 31.3 Å². The van der Waals surface area contributed by atoms with Crippen LogP contribution in [-0.2, 0) is 15.4 Å². The third-order valence-corrected chi connectivity index (χ3v) is 8.21. The third kappa shape index (κ3) is 5.09. The lowest BCUT2D eigenvalue weighted by Gasteiger charge is -2.37. The van der Waals surface area contributed by atoms with E-state index in [2.05, 4.69) is 64.4 Å². The van der Waals surface area contributed by atoms with Crippen LogP contribution in [0.15, 0.2) is 72.0 Å². The van der Waals surface area contributed by atoms with Crippen LogP contribution in [0.1, 0.15) is 34.4 Å². The molecule has 1 saturated heterocycles. The van der Waals surface area contributed by atoms with E-state index in [9.17, 15) is 13.6 Å². The van der Waals surface area contributed by atoms with Gasteiger partial charge in [-0.2, -0.15) is 4.31 Å². The molecule has 8 heteroatoms. The van der Waals surface area contributed by atoms with Crippen LogP contribution in [0.2, 0.25) is 0 Å². The molecule has 3 aromatic rings. The predicted octanol–water partition coefficient (Wildman–Crippen LogP) is 3.96. The van der Waals surface area contributed by atoms with Gasteiger partial charge >= 0.3 is 0 Å². The number of aryl methyl sites for hydroxylation is 2. The minimum atomic E-state index is -3.17. The van der Waals surface area contributed by atoms with E-state index in [-0.39, 0.29) is 0 Å². The van der Waals surface area contributed by atoms with Crippen molar-refractivity contribution in [3.63, 3.8) is 0 Å². The largest absolute Gasteiger partial charge is 0.411 e. The molecule has 0 bridgehead atoms. The second kappa shape index (κ2) is 10.2.